The number of anilines is 2. The van der Waals surface area contributed by atoms with Gasteiger partial charge in [-0.2, -0.15) is 0 Å². The molecule has 0 aliphatic heterocycles. The number of ketones is 1. The third kappa shape index (κ3) is 2.03. The number of carboxylic acids is 1. The zero-order chi connectivity index (χ0) is 12.5. The second kappa shape index (κ2) is 4.06. The van der Waals surface area contributed by atoms with Crippen molar-refractivity contribution in [2.24, 2.45) is 0 Å². The van der Waals surface area contributed by atoms with Crippen molar-refractivity contribution in [1.82, 2.24) is 0 Å². The van der Waals surface area contributed by atoms with Crippen molar-refractivity contribution in [3.8, 4) is 0 Å². The van der Waals surface area contributed by atoms with Gasteiger partial charge in [-0.3, -0.25) is 4.79 Å². The standard InChI is InChI=1S/C11H12N2O3/c1-5(2)10(14)9-7(11(15)16)3-6(12)4-8(9)13/h3-4H,1,12-13H2,2H3,(H,15,16). The molecule has 0 aliphatic rings. The van der Waals surface area contributed by atoms with Crippen LogP contribution < -0.4 is 11.5 Å². The van der Waals surface area contributed by atoms with Crippen molar-refractivity contribution in [3.05, 3.63) is 35.4 Å². The van der Waals surface area contributed by atoms with Crippen LogP contribution in [0.3, 0.4) is 0 Å². The molecule has 0 aromatic heterocycles. The van der Waals surface area contributed by atoms with Crippen LogP contribution >= 0.6 is 0 Å². The third-order valence-corrected chi connectivity index (χ3v) is 2.04. The first-order chi connectivity index (χ1) is 7.34. The summed E-state index contributed by atoms with van der Waals surface area (Å²) in [6, 6.07) is 2.55. The van der Waals surface area contributed by atoms with Gasteiger partial charge in [0.15, 0.2) is 5.78 Å². The van der Waals surface area contributed by atoms with Crippen molar-refractivity contribution < 1.29 is 14.7 Å². The lowest BCUT2D eigenvalue weighted by Gasteiger charge is -2.09. The lowest BCUT2D eigenvalue weighted by Crippen LogP contribution is -2.13. The van der Waals surface area contributed by atoms with Gasteiger partial charge in [0.1, 0.15) is 0 Å². The van der Waals surface area contributed by atoms with E-state index in [2.05, 4.69) is 6.58 Å². The van der Waals surface area contributed by atoms with E-state index in [-0.39, 0.29) is 28.1 Å². The van der Waals surface area contributed by atoms with Crippen LogP contribution in [0.25, 0.3) is 0 Å². The Bertz CT molecular complexity index is 492. The van der Waals surface area contributed by atoms with Gasteiger partial charge in [0, 0.05) is 11.4 Å². The summed E-state index contributed by atoms with van der Waals surface area (Å²) in [6.45, 7) is 4.96. The second-order valence-corrected chi connectivity index (χ2v) is 3.45. The van der Waals surface area contributed by atoms with E-state index >= 15 is 0 Å². The Labute approximate surface area is 92.4 Å². The first-order valence-corrected chi connectivity index (χ1v) is 4.47. The Kier molecular flexibility index (Phi) is 2.99. The van der Waals surface area contributed by atoms with Crippen molar-refractivity contribution >= 4 is 23.1 Å². The predicted octanol–water partition coefficient (Wildman–Crippen LogP) is 1.31. The van der Waals surface area contributed by atoms with Crippen LogP contribution in [0.5, 0.6) is 0 Å². The molecule has 0 spiro atoms. The largest absolute Gasteiger partial charge is 0.478 e. The molecule has 1 aromatic carbocycles. The summed E-state index contributed by atoms with van der Waals surface area (Å²) in [5.41, 5.74) is 11.3. The lowest BCUT2D eigenvalue weighted by atomic mass is 9.97. The van der Waals surface area contributed by atoms with Gasteiger partial charge in [-0.1, -0.05) is 6.58 Å². The maximum absolute atomic E-state index is 11.7. The highest BCUT2D eigenvalue weighted by Gasteiger charge is 2.20. The fourth-order valence-electron chi connectivity index (χ4n) is 1.32. The number of hydrogen-bond acceptors (Lipinski definition) is 4. The van der Waals surface area contributed by atoms with Crippen LogP contribution in [-0.4, -0.2) is 16.9 Å². The molecule has 0 aliphatic carbocycles. The number of Topliss-reactive ketones (excluding diaryl/α,β-unsaturated/α-hetero) is 1. The summed E-state index contributed by atoms with van der Waals surface area (Å²) < 4.78 is 0. The molecule has 5 nitrogen and oxygen atoms in total. The number of hydrogen-bond donors (Lipinski definition) is 3. The summed E-state index contributed by atoms with van der Waals surface area (Å²) in [4.78, 5) is 22.7. The summed E-state index contributed by atoms with van der Waals surface area (Å²) in [6.07, 6.45) is 0. The van der Waals surface area contributed by atoms with Crippen molar-refractivity contribution in [2.45, 2.75) is 6.92 Å². The highest BCUT2D eigenvalue weighted by molar-refractivity contribution is 6.17. The molecule has 0 amide bonds. The Morgan fingerprint density at radius 2 is 1.88 bits per heavy atom. The van der Waals surface area contributed by atoms with Gasteiger partial charge in [0.2, 0.25) is 0 Å². The molecule has 0 atom stereocenters. The number of aromatic carboxylic acids is 1. The van der Waals surface area contributed by atoms with Crippen molar-refractivity contribution in [1.29, 1.82) is 0 Å². The quantitative estimate of drug-likeness (QED) is 0.404. The minimum Gasteiger partial charge on any atom is -0.478 e. The molecule has 5 N–H and O–H groups in total. The van der Waals surface area contributed by atoms with E-state index in [0.29, 0.717) is 0 Å². The molecule has 0 saturated carbocycles. The van der Waals surface area contributed by atoms with E-state index < -0.39 is 11.8 Å². The Hall–Kier alpha value is -2.30. The number of allylic oxidation sites excluding steroid dienone is 1. The first-order valence-electron chi connectivity index (χ1n) is 4.47. The topological polar surface area (TPSA) is 106 Å². The van der Waals surface area contributed by atoms with E-state index in [9.17, 15) is 9.59 Å². The Morgan fingerprint density at radius 1 is 1.31 bits per heavy atom. The molecule has 0 radical (unpaired) electrons. The van der Waals surface area contributed by atoms with Gasteiger partial charge in [0.25, 0.3) is 0 Å². The number of carbonyl (C=O) groups excluding carboxylic acids is 1. The van der Waals surface area contributed by atoms with E-state index in [1.54, 1.807) is 0 Å². The van der Waals surface area contributed by atoms with Gasteiger partial charge in [0.05, 0.1) is 11.1 Å². The summed E-state index contributed by atoms with van der Waals surface area (Å²) in [5.74, 6) is -1.74. The smallest absolute Gasteiger partial charge is 0.336 e. The lowest BCUT2D eigenvalue weighted by molar-refractivity contribution is 0.0693. The van der Waals surface area contributed by atoms with Crippen LogP contribution in [0.15, 0.2) is 24.3 Å². The van der Waals surface area contributed by atoms with Crippen LogP contribution in [-0.2, 0) is 0 Å². The third-order valence-electron chi connectivity index (χ3n) is 2.04. The van der Waals surface area contributed by atoms with Crippen LogP contribution in [0, 0.1) is 0 Å². The van der Waals surface area contributed by atoms with Crippen LogP contribution in [0.4, 0.5) is 11.4 Å². The maximum Gasteiger partial charge on any atom is 0.336 e. The summed E-state index contributed by atoms with van der Waals surface area (Å²) >= 11 is 0. The monoisotopic (exact) mass is 220 g/mol. The molecule has 0 unspecified atom stereocenters. The van der Waals surface area contributed by atoms with Crippen molar-refractivity contribution in [3.63, 3.8) is 0 Å². The fraction of sp³-hybridized carbons (Fsp3) is 0.0909. The summed E-state index contributed by atoms with van der Waals surface area (Å²) in [7, 11) is 0. The van der Waals surface area contributed by atoms with Gasteiger partial charge in [-0.25, -0.2) is 4.79 Å². The molecule has 0 heterocycles. The normalized spacial score (nSPS) is 9.81. The molecule has 0 fully saturated rings. The minimum atomic E-state index is -1.25. The highest BCUT2D eigenvalue weighted by atomic mass is 16.4. The zero-order valence-corrected chi connectivity index (χ0v) is 8.78. The average molecular weight is 220 g/mol. The summed E-state index contributed by atoms with van der Waals surface area (Å²) in [5, 5.41) is 8.95. The van der Waals surface area contributed by atoms with Gasteiger partial charge >= 0.3 is 5.97 Å². The first kappa shape index (κ1) is 11.8. The Balaban J connectivity index is 3.53. The molecular formula is C11H12N2O3. The number of nitrogen functional groups attached to an aromatic ring is 2. The predicted molar refractivity (Wildman–Crippen MR) is 61.4 cm³/mol. The van der Waals surface area contributed by atoms with Crippen LogP contribution in [0.1, 0.15) is 27.6 Å². The van der Waals surface area contributed by atoms with Gasteiger partial charge in [-0.15, -0.1) is 0 Å². The minimum absolute atomic E-state index is 0.0467. The van der Waals surface area contributed by atoms with E-state index in [1.807, 2.05) is 0 Å². The molecule has 1 aromatic rings. The number of nitrogens with two attached hydrogens (primary N) is 2. The van der Waals surface area contributed by atoms with E-state index in [4.69, 9.17) is 16.6 Å². The average Bonchev–Trinajstić information content (AvgIpc) is 2.15. The van der Waals surface area contributed by atoms with Crippen LogP contribution in [0.2, 0.25) is 0 Å². The molecule has 84 valence electrons. The number of carboxylic acid groups (broad SMARTS) is 1. The number of rotatable bonds is 3. The zero-order valence-electron chi connectivity index (χ0n) is 8.78. The molecule has 0 saturated heterocycles. The molecule has 1 rings (SSSR count). The van der Waals surface area contributed by atoms with E-state index in [1.165, 1.54) is 19.1 Å². The number of benzene rings is 1. The maximum atomic E-state index is 11.7. The van der Waals surface area contributed by atoms with E-state index in [0.717, 1.165) is 0 Å². The molecular weight excluding hydrogens is 208 g/mol. The SMILES string of the molecule is C=C(C)C(=O)c1c(N)cc(N)cc1C(=O)O. The molecule has 5 heteroatoms. The second-order valence-electron chi connectivity index (χ2n) is 3.45. The highest BCUT2D eigenvalue weighted by Crippen LogP contribution is 2.24. The van der Waals surface area contributed by atoms with Gasteiger partial charge < -0.3 is 16.6 Å². The fourth-order valence-corrected chi connectivity index (χ4v) is 1.32. The Morgan fingerprint density at radius 3 is 2.31 bits per heavy atom. The van der Waals surface area contributed by atoms with Crippen molar-refractivity contribution in [2.75, 3.05) is 11.5 Å². The molecule has 0 bridgehead atoms. The molecule has 16 heavy (non-hydrogen) atoms. The number of carbonyl (C=O) groups is 2. The van der Waals surface area contributed by atoms with Gasteiger partial charge in [-0.05, 0) is 24.6 Å².